The van der Waals surface area contributed by atoms with Gasteiger partial charge >= 0.3 is 0 Å². The second-order valence-electron chi connectivity index (χ2n) is 8.27. The van der Waals surface area contributed by atoms with Gasteiger partial charge in [-0.2, -0.15) is 5.26 Å². The molecule has 3 N–H and O–H groups in total. The number of likely N-dealkylation sites (N-methyl/N-ethyl adjacent to an activating group) is 1. The van der Waals surface area contributed by atoms with E-state index < -0.39 is 6.04 Å². The standard InChI is InChI=1S/C18H28N4O2/c1-3-22(5-4-19)16(24)15(20)17-7-13-6-14(8-17)10-18(9-13,11-17)21-12(2)23/h13-15H,3,5-11,20H2,1-2H3,(H,21,23)/t13?,14?,15-,17?,18?/m1/s1. The van der Waals surface area contributed by atoms with Gasteiger partial charge in [0.15, 0.2) is 0 Å². The van der Waals surface area contributed by atoms with Crippen LogP contribution in [0.3, 0.4) is 0 Å². The van der Waals surface area contributed by atoms with Crippen LogP contribution in [0.2, 0.25) is 0 Å². The molecular weight excluding hydrogens is 304 g/mol. The molecule has 132 valence electrons. The van der Waals surface area contributed by atoms with Gasteiger partial charge in [0.2, 0.25) is 11.8 Å². The van der Waals surface area contributed by atoms with Crippen molar-refractivity contribution in [1.82, 2.24) is 10.2 Å². The molecule has 0 aromatic carbocycles. The number of hydrogen-bond donors (Lipinski definition) is 2. The molecule has 4 fully saturated rings. The molecule has 4 rings (SSSR count). The fraction of sp³-hybridized carbons (Fsp3) is 0.833. The number of carbonyl (C=O) groups is 2. The van der Waals surface area contributed by atoms with Crippen molar-refractivity contribution in [3.63, 3.8) is 0 Å². The number of nitrogens with one attached hydrogen (secondary N) is 1. The highest BCUT2D eigenvalue weighted by atomic mass is 16.2. The molecule has 0 aromatic rings. The Labute approximate surface area is 143 Å². The molecule has 0 aromatic heterocycles. The van der Waals surface area contributed by atoms with E-state index in [2.05, 4.69) is 11.4 Å². The van der Waals surface area contributed by atoms with Crippen molar-refractivity contribution in [2.75, 3.05) is 13.1 Å². The summed E-state index contributed by atoms with van der Waals surface area (Å²) in [7, 11) is 0. The van der Waals surface area contributed by atoms with E-state index in [4.69, 9.17) is 11.0 Å². The van der Waals surface area contributed by atoms with Crippen molar-refractivity contribution in [3.8, 4) is 6.07 Å². The topological polar surface area (TPSA) is 99.2 Å². The van der Waals surface area contributed by atoms with Crippen LogP contribution in [0.4, 0.5) is 0 Å². The van der Waals surface area contributed by atoms with Gasteiger partial charge in [-0.25, -0.2) is 0 Å². The SMILES string of the molecule is CCN(CC#N)C(=O)[C@@H](N)C12CC3CC(CC(NC(C)=O)(C3)C1)C2. The largest absolute Gasteiger partial charge is 0.351 e. The van der Waals surface area contributed by atoms with E-state index in [-0.39, 0.29) is 29.3 Å². The number of nitriles is 1. The first-order chi connectivity index (χ1) is 11.3. The minimum atomic E-state index is -0.579. The van der Waals surface area contributed by atoms with Crippen LogP contribution in [0.15, 0.2) is 0 Å². The van der Waals surface area contributed by atoms with E-state index in [1.54, 1.807) is 11.8 Å². The van der Waals surface area contributed by atoms with Crippen LogP contribution in [0.5, 0.6) is 0 Å². The molecule has 3 atom stereocenters. The summed E-state index contributed by atoms with van der Waals surface area (Å²) in [6.07, 6.45) is 5.97. The van der Waals surface area contributed by atoms with Crippen molar-refractivity contribution >= 4 is 11.8 Å². The summed E-state index contributed by atoms with van der Waals surface area (Å²) in [6.45, 7) is 4.03. The van der Waals surface area contributed by atoms with Crippen LogP contribution in [-0.2, 0) is 9.59 Å². The molecule has 6 nitrogen and oxygen atoms in total. The van der Waals surface area contributed by atoms with Gasteiger partial charge < -0.3 is 16.0 Å². The first kappa shape index (κ1) is 17.2. The second-order valence-corrected chi connectivity index (χ2v) is 8.27. The smallest absolute Gasteiger partial charge is 0.240 e. The molecule has 4 aliphatic carbocycles. The third-order valence-corrected chi connectivity index (χ3v) is 6.43. The lowest BCUT2D eigenvalue weighted by Crippen LogP contribution is -2.68. The fourth-order valence-electron chi connectivity index (χ4n) is 6.11. The molecular formula is C18H28N4O2. The molecule has 0 spiro atoms. The van der Waals surface area contributed by atoms with Crippen molar-refractivity contribution in [1.29, 1.82) is 5.26 Å². The van der Waals surface area contributed by atoms with E-state index in [0.29, 0.717) is 18.4 Å². The molecule has 0 radical (unpaired) electrons. The maximum Gasteiger partial charge on any atom is 0.240 e. The minimum Gasteiger partial charge on any atom is -0.351 e. The Bertz CT molecular complexity index is 568. The van der Waals surface area contributed by atoms with Crippen LogP contribution >= 0.6 is 0 Å². The summed E-state index contributed by atoms with van der Waals surface area (Å²) in [6, 6.07) is 1.48. The first-order valence-corrected chi connectivity index (χ1v) is 9.03. The van der Waals surface area contributed by atoms with Gasteiger partial charge in [0.1, 0.15) is 6.54 Å². The molecule has 0 saturated heterocycles. The zero-order valence-electron chi connectivity index (χ0n) is 14.7. The zero-order valence-corrected chi connectivity index (χ0v) is 14.7. The van der Waals surface area contributed by atoms with Crippen LogP contribution in [0, 0.1) is 28.6 Å². The van der Waals surface area contributed by atoms with Crippen LogP contribution < -0.4 is 11.1 Å². The lowest BCUT2D eigenvalue weighted by molar-refractivity contribution is -0.147. The average Bonchev–Trinajstić information content (AvgIpc) is 2.48. The van der Waals surface area contributed by atoms with Gasteiger partial charge in [-0.1, -0.05) is 0 Å². The highest BCUT2D eigenvalue weighted by Gasteiger charge is 2.61. The molecule has 0 heterocycles. The van der Waals surface area contributed by atoms with Crippen molar-refractivity contribution in [3.05, 3.63) is 0 Å². The minimum absolute atomic E-state index is 0.00617. The van der Waals surface area contributed by atoms with Crippen LogP contribution in [0.1, 0.15) is 52.4 Å². The number of hydrogen-bond acceptors (Lipinski definition) is 4. The summed E-state index contributed by atoms with van der Waals surface area (Å²) < 4.78 is 0. The first-order valence-electron chi connectivity index (χ1n) is 9.03. The average molecular weight is 332 g/mol. The predicted molar refractivity (Wildman–Crippen MR) is 89.5 cm³/mol. The summed E-state index contributed by atoms with van der Waals surface area (Å²) >= 11 is 0. The summed E-state index contributed by atoms with van der Waals surface area (Å²) in [4.78, 5) is 26.1. The fourth-order valence-corrected chi connectivity index (χ4v) is 6.11. The number of carbonyl (C=O) groups excluding carboxylic acids is 2. The zero-order chi connectivity index (χ0) is 17.5. The quantitative estimate of drug-likeness (QED) is 0.738. The number of rotatable bonds is 5. The maximum atomic E-state index is 12.9. The lowest BCUT2D eigenvalue weighted by Gasteiger charge is -2.63. The summed E-state index contributed by atoms with van der Waals surface area (Å²) in [5.74, 6) is 0.983. The van der Waals surface area contributed by atoms with E-state index >= 15 is 0 Å². The van der Waals surface area contributed by atoms with E-state index in [1.807, 2.05) is 6.92 Å². The van der Waals surface area contributed by atoms with E-state index in [9.17, 15) is 9.59 Å². The van der Waals surface area contributed by atoms with Crippen LogP contribution in [0.25, 0.3) is 0 Å². The van der Waals surface area contributed by atoms with Gasteiger partial charge in [0, 0.05) is 19.0 Å². The monoisotopic (exact) mass is 332 g/mol. The van der Waals surface area contributed by atoms with Crippen LogP contribution in [-0.4, -0.2) is 41.4 Å². The van der Waals surface area contributed by atoms with Gasteiger partial charge in [-0.3, -0.25) is 9.59 Å². The Hall–Kier alpha value is -1.61. The molecule has 4 saturated carbocycles. The van der Waals surface area contributed by atoms with Gasteiger partial charge in [0.05, 0.1) is 12.1 Å². The van der Waals surface area contributed by atoms with Gasteiger partial charge in [-0.15, -0.1) is 0 Å². The molecule has 4 aliphatic rings. The Balaban J connectivity index is 1.85. The van der Waals surface area contributed by atoms with Crippen molar-refractivity contribution < 1.29 is 9.59 Å². The van der Waals surface area contributed by atoms with E-state index in [0.717, 1.165) is 32.1 Å². The highest BCUT2D eigenvalue weighted by Crippen LogP contribution is 2.62. The molecule has 2 amide bonds. The number of amides is 2. The van der Waals surface area contributed by atoms with Crippen molar-refractivity contribution in [2.24, 2.45) is 23.0 Å². The predicted octanol–water partition coefficient (Wildman–Crippen LogP) is 1.16. The Kier molecular flexibility index (Phi) is 4.33. The third kappa shape index (κ3) is 2.79. The maximum absolute atomic E-state index is 12.9. The molecule has 24 heavy (non-hydrogen) atoms. The lowest BCUT2D eigenvalue weighted by atomic mass is 9.45. The second kappa shape index (κ2) is 6.03. The Morgan fingerprint density at radius 2 is 1.96 bits per heavy atom. The van der Waals surface area contributed by atoms with Gasteiger partial charge in [0.25, 0.3) is 0 Å². The normalized spacial score (nSPS) is 37.6. The molecule has 6 heteroatoms. The highest BCUT2D eigenvalue weighted by molar-refractivity contribution is 5.83. The number of nitrogens with two attached hydrogens (primary N) is 1. The van der Waals surface area contributed by atoms with Crippen molar-refractivity contribution in [2.45, 2.75) is 64.0 Å². The third-order valence-electron chi connectivity index (χ3n) is 6.43. The summed E-state index contributed by atoms with van der Waals surface area (Å²) in [5, 5.41) is 12.1. The van der Waals surface area contributed by atoms with E-state index in [1.165, 1.54) is 6.42 Å². The van der Waals surface area contributed by atoms with Gasteiger partial charge in [-0.05, 0) is 62.7 Å². The summed E-state index contributed by atoms with van der Waals surface area (Å²) in [5.41, 5.74) is 6.09. The molecule has 4 bridgehead atoms. The molecule has 0 aliphatic heterocycles. The number of nitrogens with zero attached hydrogens (tertiary/aromatic N) is 2. The molecule has 2 unspecified atom stereocenters. The Morgan fingerprint density at radius 3 is 2.46 bits per heavy atom. The Morgan fingerprint density at radius 1 is 1.33 bits per heavy atom.